The third-order valence-corrected chi connectivity index (χ3v) is 10.8. The standard InChI is InChI=1S/C38H46BrN3O7/c1-6-8-19-29(44)40-24(5)32(26-17-13-10-14-18-26)48-37(47)30-31-35(45)42(28(22-43)25-15-11-9-12-16-25)34(36(46)41(20-7-2)23(3)4)38(31)21-27(39)33(30)49-38/h6-7,9-18,23-24,27-28,30-34,43H,1-2,8,19-22H2,3-5H3,(H,40,44)/t24-,27?,28+,30-,31+,32-,33-,34-,38+/m0/s1. The Labute approximate surface area is 296 Å². The molecule has 2 N–H and O–H groups in total. The van der Waals surface area contributed by atoms with Crippen molar-refractivity contribution in [2.24, 2.45) is 11.8 Å². The fourth-order valence-electron chi connectivity index (χ4n) is 7.77. The second kappa shape index (κ2) is 15.4. The van der Waals surface area contributed by atoms with E-state index in [-0.39, 0.29) is 35.6 Å². The van der Waals surface area contributed by atoms with E-state index in [1.807, 2.05) is 62.4 Å². The van der Waals surface area contributed by atoms with Crippen LogP contribution in [0.15, 0.2) is 86.0 Å². The molecule has 3 saturated heterocycles. The number of benzene rings is 2. The van der Waals surface area contributed by atoms with Gasteiger partial charge in [0.05, 0.1) is 36.6 Å². The minimum absolute atomic E-state index is 0.208. The molecule has 1 spiro atoms. The van der Waals surface area contributed by atoms with Gasteiger partial charge in [0.25, 0.3) is 0 Å². The number of fused-ring (bicyclic) bond motifs is 1. The smallest absolute Gasteiger partial charge is 0.313 e. The maximum atomic E-state index is 14.8. The molecule has 2 aromatic rings. The van der Waals surface area contributed by atoms with E-state index in [0.717, 1.165) is 0 Å². The highest BCUT2D eigenvalue weighted by Crippen LogP contribution is 2.61. The number of esters is 1. The number of aliphatic hydroxyl groups is 1. The maximum absolute atomic E-state index is 14.8. The molecule has 3 fully saturated rings. The van der Waals surface area contributed by atoms with Gasteiger partial charge in [-0.1, -0.05) is 88.7 Å². The minimum Gasteiger partial charge on any atom is -0.455 e. The molecule has 2 aromatic carbocycles. The zero-order valence-corrected chi connectivity index (χ0v) is 29.8. The van der Waals surface area contributed by atoms with Crippen molar-refractivity contribution in [2.45, 2.75) is 86.8 Å². The van der Waals surface area contributed by atoms with Crippen LogP contribution in [0.1, 0.15) is 63.3 Å². The zero-order chi connectivity index (χ0) is 35.5. The molecular formula is C38H46BrN3O7. The maximum Gasteiger partial charge on any atom is 0.313 e. The monoisotopic (exact) mass is 735 g/mol. The van der Waals surface area contributed by atoms with E-state index < -0.39 is 66.3 Å². The summed E-state index contributed by atoms with van der Waals surface area (Å²) in [5.41, 5.74) is -0.0306. The first-order valence-corrected chi connectivity index (χ1v) is 17.8. The van der Waals surface area contributed by atoms with Gasteiger partial charge in [-0.2, -0.15) is 0 Å². The number of rotatable bonds is 15. The molecule has 5 rings (SSSR count). The summed E-state index contributed by atoms with van der Waals surface area (Å²) in [5, 5.41) is 13.7. The number of carbonyl (C=O) groups excluding carboxylic acids is 4. The Morgan fingerprint density at radius 3 is 2.29 bits per heavy atom. The quantitative estimate of drug-likeness (QED) is 0.155. The van der Waals surface area contributed by atoms with Gasteiger partial charge in [-0.05, 0) is 44.7 Å². The summed E-state index contributed by atoms with van der Waals surface area (Å²) in [6.07, 6.45) is 2.73. The van der Waals surface area contributed by atoms with E-state index in [9.17, 15) is 24.3 Å². The van der Waals surface area contributed by atoms with Gasteiger partial charge < -0.3 is 29.7 Å². The lowest BCUT2D eigenvalue weighted by molar-refractivity contribution is -0.162. The summed E-state index contributed by atoms with van der Waals surface area (Å²) < 4.78 is 13.0. The lowest BCUT2D eigenvalue weighted by Gasteiger charge is -2.40. The third-order valence-electron chi connectivity index (χ3n) is 9.95. The summed E-state index contributed by atoms with van der Waals surface area (Å²) in [6, 6.07) is 15.4. The Hall–Kier alpha value is -3.80. The molecule has 11 heteroatoms. The predicted molar refractivity (Wildman–Crippen MR) is 188 cm³/mol. The van der Waals surface area contributed by atoms with Gasteiger partial charge in [-0.15, -0.1) is 13.2 Å². The first-order valence-electron chi connectivity index (χ1n) is 16.9. The van der Waals surface area contributed by atoms with Crippen LogP contribution in [0, 0.1) is 11.8 Å². The SMILES string of the molecule is C=CCCC(=O)N[C@@H](C)[C@H](OC(=O)[C@@H]1[C@H]2O[C@@]3(CC2Br)[C@H](C(=O)N(CC=C)C(C)C)N([C@H](CO)c2ccccc2)C(=O)[C@@H]13)c1ccccc1. The van der Waals surface area contributed by atoms with E-state index in [0.29, 0.717) is 24.0 Å². The number of amides is 3. The Morgan fingerprint density at radius 2 is 1.71 bits per heavy atom. The Bertz CT molecular complexity index is 1540. The van der Waals surface area contributed by atoms with Crippen molar-refractivity contribution in [3.63, 3.8) is 0 Å². The fraction of sp³-hybridized carbons (Fsp3) is 0.474. The molecule has 9 atom stereocenters. The van der Waals surface area contributed by atoms with Gasteiger partial charge in [0.1, 0.15) is 17.7 Å². The molecule has 3 heterocycles. The minimum atomic E-state index is -1.36. The van der Waals surface area contributed by atoms with Gasteiger partial charge >= 0.3 is 5.97 Å². The van der Waals surface area contributed by atoms with Crippen LogP contribution in [0.5, 0.6) is 0 Å². The highest BCUT2D eigenvalue weighted by molar-refractivity contribution is 9.09. The number of nitrogens with zero attached hydrogens (tertiary/aromatic N) is 2. The summed E-state index contributed by atoms with van der Waals surface area (Å²) in [6.45, 7) is 12.9. The van der Waals surface area contributed by atoms with Crippen molar-refractivity contribution in [3.8, 4) is 0 Å². The predicted octanol–water partition coefficient (Wildman–Crippen LogP) is 4.65. The lowest BCUT2D eigenvalue weighted by atomic mass is 9.70. The van der Waals surface area contributed by atoms with E-state index >= 15 is 0 Å². The Morgan fingerprint density at radius 1 is 1.08 bits per heavy atom. The fourth-order valence-corrected chi connectivity index (χ4v) is 8.72. The number of likely N-dealkylation sites (tertiary alicyclic amines) is 1. The van der Waals surface area contributed by atoms with Crippen molar-refractivity contribution in [1.82, 2.24) is 15.1 Å². The molecule has 10 nitrogen and oxygen atoms in total. The average molecular weight is 737 g/mol. The highest BCUT2D eigenvalue weighted by Gasteiger charge is 2.77. The summed E-state index contributed by atoms with van der Waals surface area (Å²) >= 11 is 3.73. The van der Waals surface area contributed by atoms with Crippen LogP contribution in [0.4, 0.5) is 0 Å². The van der Waals surface area contributed by atoms with Crippen LogP contribution >= 0.6 is 15.9 Å². The zero-order valence-electron chi connectivity index (χ0n) is 28.2. The lowest BCUT2D eigenvalue weighted by Crippen LogP contribution is -2.58. The summed E-state index contributed by atoms with van der Waals surface area (Å²) in [5.74, 6) is -3.75. The number of ether oxygens (including phenoxy) is 2. The number of aliphatic hydroxyl groups excluding tert-OH is 1. The normalized spacial score (nSPS) is 27.3. The van der Waals surface area contributed by atoms with Gasteiger partial charge in [0.15, 0.2) is 0 Å². The first-order chi connectivity index (χ1) is 23.5. The second-order valence-electron chi connectivity index (χ2n) is 13.3. The Kier molecular flexibility index (Phi) is 11.5. The molecule has 3 aliphatic heterocycles. The molecule has 262 valence electrons. The Balaban J connectivity index is 1.55. The van der Waals surface area contributed by atoms with Crippen LogP contribution in [-0.2, 0) is 28.7 Å². The van der Waals surface area contributed by atoms with Gasteiger partial charge in [-0.25, -0.2) is 0 Å². The molecule has 3 amide bonds. The van der Waals surface area contributed by atoms with E-state index in [4.69, 9.17) is 9.47 Å². The van der Waals surface area contributed by atoms with Crippen molar-refractivity contribution < 1.29 is 33.8 Å². The number of hydrogen-bond donors (Lipinski definition) is 2. The van der Waals surface area contributed by atoms with Crippen molar-refractivity contribution in [1.29, 1.82) is 0 Å². The van der Waals surface area contributed by atoms with Crippen LogP contribution < -0.4 is 5.32 Å². The van der Waals surface area contributed by atoms with Gasteiger partial charge in [-0.3, -0.25) is 19.2 Å². The molecule has 0 saturated carbocycles. The van der Waals surface area contributed by atoms with E-state index in [1.54, 1.807) is 36.1 Å². The molecule has 1 unspecified atom stereocenters. The molecule has 3 aliphatic rings. The largest absolute Gasteiger partial charge is 0.455 e. The molecule has 0 radical (unpaired) electrons. The second-order valence-corrected chi connectivity index (χ2v) is 14.5. The molecule has 49 heavy (non-hydrogen) atoms. The molecular weight excluding hydrogens is 690 g/mol. The van der Waals surface area contributed by atoms with Crippen molar-refractivity contribution in [2.75, 3.05) is 13.2 Å². The van der Waals surface area contributed by atoms with Crippen LogP contribution in [-0.4, -0.2) is 86.4 Å². The molecule has 2 bridgehead atoms. The first kappa shape index (κ1) is 36.5. The van der Waals surface area contributed by atoms with E-state index in [1.165, 1.54) is 4.90 Å². The van der Waals surface area contributed by atoms with Gasteiger partial charge in [0, 0.05) is 23.8 Å². The number of hydrogen-bond acceptors (Lipinski definition) is 7. The van der Waals surface area contributed by atoms with Crippen molar-refractivity contribution in [3.05, 3.63) is 97.1 Å². The average Bonchev–Trinajstić information content (AvgIpc) is 3.69. The number of alkyl halides is 1. The number of allylic oxidation sites excluding steroid dienone is 1. The summed E-state index contributed by atoms with van der Waals surface area (Å²) in [7, 11) is 0. The van der Waals surface area contributed by atoms with Gasteiger partial charge in [0.2, 0.25) is 17.7 Å². The highest BCUT2D eigenvalue weighted by atomic mass is 79.9. The molecule has 0 aliphatic carbocycles. The van der Waals surface area contributed by atoms with Crippen LogP contribution in [0.3, 0.4) is 0 Å². The molecule has 0 aromatic heterocycles. The van der Waals surface area contributed by atoms with Crippen molar-refractivity contribution >= 4 is 39.6 Å². The summed E-state index contributed by atoms with van der Waals surface area (Å²) in [4.78, 5) is 59.4. The number of carbonyl (C=O) groups is 4. The topological polar surface area (TPSA) is 125 Å². The third kappa shape index (κ3) is 6.85. The number of halogens is 1. The van der Waals surface area contributed by atoms with Crippen LogP contribution in [0.2, 0.25) is 0 Å². The number of nitrogens with one attached hydrogen (secondary N) is 1. The van der Waals surface area contributed by atoms with Crippen LogP contribution in [0.25, 0.3) is 0 Å². The van der Waals surface area contributed by atoms with E-state index in [2.05, 4.69) is 34.4 Å².